The average Bonchev–Trinajstić information content (AvgIpc) is 3.56. The molecule has 1 amide bonds. The number of piperazine rings is 1. The summed E-state index contributed by atoms with van der Waals surface area (Å²) in [5, 5.41) is 0. The summed E-state index contributed by atoms with van der Waals surface area (Å²) in [6.45, 7) is 4.85. The minimum absolute atomic E-state index is 0.102. The molecule has 2 saturated carbocycles. The van der Waals surface area contributed by atoms with E-state index in [1.165, 1.54) is 32.1 Å². The molecular weight excluding hydrogens is 398 g/mol. The van der Waals surface area contributed by atoms with Crippen molar-refractivity contribution < 1.29 is 13.2 Å². The van der Waals surface area contributed by atoms with Crippen molar-refractivity contribution in [1.82, 2.24) is 9.21 Å². The molecule has 0 aromatic heterocycles. The zero-order valence-electron chi connectivity index (χ0n) is 17.9. The van der Waals surface area contributed by atoms with Gasteiger partial charge < -0.3 is 4.90 Å². The average molecular weight is 432 g/mol. The van der Waals surface area contributed by atoms with Crippen molar-refractivity contribution in [3.63, 3.8) is 0 Å². The molecule has 164 valence electrons. The Morgan fingerprint density at radius 3 is 2.33 bits per heavy atom. The molecule has 2 heterocycles. The van der Waals surface area contributed by atoms with E-state index in [0.717, 1.165) is 43.6 Å². The Morgan fingerprint density at radius 2 is 1.67 bits per heavy atom. The third kappa shape index (κ3) is 3.69. The van der Waals surface area contributed by atoms with E-state index < -0.39 is 10.0 Å². The molecule has 1 aromatic carbocycles. The largest absolute Gasteiger partial charge is 0.309 e. The Balaban J connectivity index is 1.30. The van der Waals surface area contributed by atoms with E-state index in [0.29, 0.717) is 24.0 Å². The lowest BCUT2D eigenvalue weighted by molar-refractivity contribution is -0.120. The number of hydrogen-bond donors (Lipinski definition) is 0. The topological polar surface area (TPSA) is 60.9 Å². The van der Waals surface area contributed by atoms with Crippen LogP contribution in [0.15, 0.2) is 23.1 Å². The van der Waals surface area contributed by atoms with Gasteiger partial charge in [-0.3, -0.25) is 9.69 Å². The highest BCUT2D eigenvalue weighted by molar-refractivity contribution is 7.89. The number of anilines is 1. The molecule has 5 rings (SSSR count). The highest BCUT2D eigenvalue weighted by Gasteiger charge is 2.40. The van der Waals surface area contributed by atoms with Crippen molar-refractivity contribution in [2.45, 2.75) is 75.3 Å². The number of fused-ring (bicyclic) bond motifs is 1. The van der Waals surface area contributed by atoms with Crippen molar-refractivity contribution >= 4 is 21.6 Å². The Hall–Kier alpha value is -1.44. The third-order valence-corrected chi connectivity index (χ3v) is 9.33. The molecule has 0 N–H and O–H groups in total. The number of nitrogens with zero attached hydrogens (tertiary/aromatic N) is 3. The molecule has 3 fully saturated rings. The summed E-state index contributed by atoms with van der Waals surface area (Å²) in [6, 6.07) is 6.11. The Bertz CT molecular complexity index is 914. The molecule has 6 nitrogen and oxygen atoms in total. The second-order valence-electron chi connectivity index (χ2n) is 9.56. The lowest BCUT2D eigenvalue weighted by atomic mass is 9.94. The first-order valence-electron chi connectivity index (χ1n) is 11.7. The molecule has 1 aromatic rings. The number of rotatable bonds is 4. The highest BCUT2D eigenvalue weighted by Crippen LogP contribution is 2.40. The maximum Gasteiger partial charge on any atom is 0.243 e. The van der Waals surface area contributed by atoms with Gasteiger partial charge in [-0.2, -0.15) is 4.31 Å². The monoisotopic (exact) mass is 431 g/mol. The third-order valence-electron chi connectivity index (χ3n) is 7.43. The molecule has 0 radical (unpaired) electrons. The van der Waals surface area contributed by atoms with E-state index in [9.17, 15) is 13.2 Å². The zero-order valence-corrected chi connectivity index (χ0v) is 18.7. The van der Waals surface area contributed by atoms with Gasteiger partial charge in [0.25, 0.3) is 0 Å². The highest BCUT2D eigenvalue weighted by atomic mass is 32.2. The predicted molar refractivity (Wildman–Crippen MR) is 117 cm³/mol. The molecule has 7 heteroatoms. The smallest absolute Gasteiger partial charge is 0.243 e. The van der Waals surface area contributed by atoms with Gasteiger partial charge in [0.1, 0.15) is 0 Å². The SMILES string of the molecule is C[C@@H]1Cc2cc(S(=O)(=O)N3CCN(C4CCCCC4)CC3)ccc2N1C(=O)C1CC1. The molecule has 0 unspecified atom stereocenters. The van der Waals surface area contributed by atoms with Gasteiger partial charge in [0.2, 0.25) is 15.9 Å². The number of carbonyl (C=O) groups excluding carboxylic acids is 1. The first-order valence-corrected chi connectivity index (χ1v) is 13.1. The Kier molecular flexibility index (Phi) is 5.40. The second-order valence-corrected chi connectivity index (χ2v) is 11.5. The molecule has 4 aliphatic rings. The fourth-order valence-electron chi connectivity index (χ4n) is 5.54. The van der Waals surface area contributed by atoms with Crippen LogP contribution < -0.4 is 4.90 Å². The summed E-state index contributed by atoms with van der Waals surface area (Å²) in [4.78, 5) is 17.4. The normalized spacial score (nSPS) is 26.7. The molecule has 2 aliphatic heterocycles. The maximum absolute atomic E-state index is 13.3. The van der Waals surface area contributed by atoms with E-state index in [-0.39, 0.29) is 17.9 Å². The molecule has 1 atom stereocenters. The van der Waals surface area contributed by atoms with Crippen LogP contribution in [0.4, 0.5) is 5.69 Å². The van der Waals surface area contributed by atoms with Crippen molar-refractivity contribution in [1.29, 1.82) is 0 Å². The van der Waals surface area contributed by atoms with Gasteiger partial charge in [-0.15, -0.1) is 0 Å². The van der Waals surface area contributed by atoms with Gasteiger partial charge in [-0.05, 0) is 62.8 Å². The molecule has 0 bridgehead atoms. The summed E-state index contributed by atoms with van der Waals surface area (Å²) in [5.74, 6) is 0.373. The predicted octanol–water partition coefficient (Wildman–Crippen LogP) is 3.01. The van der Waals surface area contributed by atoms with Crippen molar-refractivity contribution in [2.75, 3.05) is 31.1 Å². The summed E-state index contributed by atoms with van der Waals surface area (Å²) in [6.07, 6.45) is 9.15. The quantitative estimate of drug-likeness (QED) is 0.735. The minimum atomic E-state index is -3.49. The lowest BCUT2D eigenvalue weighted by Gasteiger charge is -2.40. The zero-order chi connectivity index (χ0) is 20.9. The van der Waals surface area contributed by atoms with Crippen LogP contribution >= 0.6 is 0 Å². The first kappa shape index (κ1) is 20.5. The van der Waals surface area contributed by atoms with Crippen LogP contribution in [0, 0.1) is 5.92 Å². The van der Waals surface area contributed by atoms with Gasteiger partial charge in [0.15, 0.2) is 0 Å². The van der Waals surface area contributed by atoms with E-state index in [2.05, 4.69) is 11.8 Å². The summed E-state index contributed by atoms with van der Waals surface area (Å²) >= 11 is 0. The number of sulfonamides is 1. The molecule has 1 saturated heterocycles. The van der Waals surface area contributed by atoms with E-state index in [1.54, 1.807) is 10.4 Å². The fraction of sp³-hybridized carbons (Fsp3) is 0.696. The Labute approximate surface area is 180 Å². The van der Waals surface area contributed by atoms with E-state index >= 15 is 0 Å². The van der Waals surface area contributed by atoms with Gasteiger partial charge in [0.05, 0.1) is 4.90 Å². The first-order chi connectivity index (χ1) is 14.4. The summed E-state index contributed by atoms with van der Waals surface area (Å²) in [7, 11) is -3.49. The van der Waals surface area contributed by atoms with Gasteiger partial charge >= 0.3 is 0 Å². The fourth-order valence-corrected chi connectivity index (χ4v) is 7.01. The van der Waals surface area contributed by atoms with Crippen molar-refractivity contribution in [3.05, 3.63) is 23.8 Å². The van der Waals surface area contributed by atoms with Crippen molar-refractivity contribution in [2.24, 2.45) is 5.92 Å². The number of amides is 1. The lowest BCUT2D eigenvalue weighted by Crippen LogP contribution is -2.52. The Morgan fingerprint density at radius 1 is 0.967 bits per heavy atom. The van der Waals surface area contributed by atoms with Crippen LogP contribution in [-0.4, -0.2) is 61.8 Å². The van der Waals surface area contributed by atoms with Crippen LogP contribution in [-0.2, 0) is 21.2 Å². The number of benzene rings is 1. The van der Waals surface area contributed by atoms with E-state index in [4.69, 9.17) is 0 Å². The molecule has 2 aliphatic carbocycles. The van der Waals surface area contributed by atoms with Crippen LogP contribution in [0.25, 0.3) is 0 Å². The van der Waals surface area contributed by atoms with Gasteiger partial charge in [-0.1, -0.05) is 19.3 Å². The second kappa shape index (κ2) is 7.92. The summed E-state index contributed by atoms with van der Waals surface area (Å²) < 4.78 is 28.3. The van der Waals surface area contributed by atoms with Crippen LogP contribution in [0.1, 0.15) is 57.4 Å². The maximum atomic E-state index is 13.3. The standard InChI is InChI=1S/C23H33N3O3S/c1-17-15-19-16-21(9-10-22(19)26(17)23(27)18-7-8-18)30(28,29)25-13-11-24(12-14-25)20-5-3-2-4-6-20/h9-10,16-18,20H,2-8,11-15H2,1H3/t17-/m1/s1. The van der Waals surface area contributed by atoms with Gasteiger partial charge in [0, 0.05) is 49.9 Å². The van der Waals surface area contributed by atoms with Gasteiger partial charge in [-0.25, -0.2) is 8.42 Å². The van der Waals surface area contributed by atoms with Crippen LogP contribution in [0.5, 0.6) is 0 Å². The number of hydrogen-bond acceptors (Lipinski definition) is 4. The molecule has 30 heavy (non-hydrogen) atoms. The van der Waals surface area contributed by atoms with E-state index in [1.807, 2.05) is 17.0 Å². The molecular formula is C23H33N3O3S. The number of carbonyl (C=O) groups is 1. The van der Waals surface area contributed by atoms with Crippen LogP contribution in [0.3, 0.4) is 0 Å². The van der Waals surface area contributed by atoms with Crippen LogP contribution in [0.2, 0.25) is 0 Å². The molecule has 0 spiro atoms. The minimum Gasteiger partial charge on any atom is -0.309 e. The summed E-state index contributed by atoms with van der Waals surface area (Å²) in [5.41, 5.74) is 1.89. The van der Waals surface area contributed by atoms with Crippen molar-refractivity contribution in [3.8, 4) is 0 Å².